The van der Waals surface area contributed by atoms with Crippen LogP contribution in [0.15, 0.2) is 23.4 Å². The van der Waals surface area contributed by atoms with Crippen molar-refractivity contribution in [3.8, 4) is 0 Å². The average Bonchev–Trinajstić information content (AvgIpc) is 2.68. The lowest BCUT2D eigenvalue weighted by Gasteiger charge is -2.18. The number of aliphatic hydroxyl groups excluding tert-OH is 2. The largest absolute Gasteiger partial charge is 0.409 e. The molecule has 1 aromatic rings. The number of β-amino-alcohol motifs (C(OH)–C–C–N with tert-alkyl or cyclic N) is 2. The molecule has 2 unspecified atom stereocenters. The van der Waals surface area contributed by atoms with Crippen LogP contribution in [0.2, 0.25) is 5.02 Å². The number of rotatable bonds is 2. The Kier molecular flexibility index (Phi) is 3.60. The molecule has 2 rings (SSSR count). The molecule has 98 valence electrons. The van der Waals surface area contributed by atoms with Crippen molar-refractivity contribution >= 4 is 23.1 Å². The maximum atomic E-state index is 9.48. The van der Waals surface area contributed by atoms with Gasteiger partial charge in [0, 0.05) is 24.3 Å². The standard InChI is InChI=1S/C11H14ClN3O3/c12-8-3-6(1-2-7(8)11(13)14-18)15-4-9(16)10(17)5-15/h1-3,9-10,16-18H,4-5H2,(H2,13,14). The Bertz CT molecular complexity index is 471. The van der Waals surface area contributed by atoms with Crippen LogP contribution in [0.1, 0.15) is 5.56 Å². The molecule has 0 radical (unpaired) electrons. The first-order chi connectivity index (χ1) is 8.52. The summed E-state index contributed by atoms with van der Waals surface area (Å²) in [7, 11) is 0. The van der Waals surface area contributed by atoms with Gasteiger partial charge in [-0.05, 0) is 18.2 Å². The van der Waals surface area contributed by atoms with E-state index in [-0.39, 0.29) is 5.84 Å². The molecule has 0 aliphatic carbocycles. The Hall–Kier alpha value is -1.50. The molecule has 0 amide bonds. The van der Waals surface area contributed by atoms with Crippen molar-refractivity contribution in [2.45, 2.75) is 12.2 Å². The van der Waals surface area contributed by atoms with Crippen LogP contribution < -0.4 is 10.6 Å². The fourth-order valence-electron chi connectivity index (χ4n) is 1.94. The van der Waals surface area contributed by atoms with Gasteiger partial charge in [0.1, 0.15) is 0 Å². The zero-order chi connectivity index (χ0) is 13.3. The first-order valence-corrected chi connectivity index (χ1v) is 5.79. The minimum Gasteiger partial charge on any atom is -0.409 e. The molecule has 1 saturated heterocycles. The fraction of sp³-hybridized carbons (Fsp3) is 0.364. The van der Waals surface area contributed by atoms with Gasteiger partial charge >= 0.3 is 0 Å². The lowest BCUT2D eigenvalue weighted by molar-refractivity contribution is 0.0572. The highest BCUT2D eigenvalue weighted by molar-refractivity contribution is 6.34. The van der Waals surface area contributed by atoms with E-state index in [4.69, 9.17) is 22.5 Å². The molecule has 0 spiro atoms. The minimum absolute atomic E-state index is 0.0620. The number of benzene rings is 1. The van der Waals surface area contributed by atoms with Crippen LogP contribution in [-0.4, -0.2) is 46.6 Å². The zero-order valence-corrected chi connectivity index (χ0v) is 10.2. The third kappa shape index (κ3) is 2.35. The second kappa shape index (κ2) is 5.01. The minimum atomic E-state index is -0.757. The van der Waals surface area contributed by atoms with Crippen molar-refractivity contribution in [1.82, 2.24) is 0 Å². The third-order valence-corrected chi connectivity index (χ3v) is 3.27. The summed E-state index contributed by atoms with van der Waals surface area (Å²) in [5, 5.41) is 30.8. The number of aliphatic hydroxyl groups is 2. The second-order valence-electron chi connectivity index (χ2n) is 4.19. The number of oxime groups is 1. The smallest absolute Gasteiger partial charge is 0.171 e. The molecule has 6 nitrogen and oxygen atoms in total. The van der Waals surface area contributed by atoms with Crippen molar-refractivity contribution in [2.75, 3.05) is 18.0 Å². The van der Waals surface area contributed by atoms with Crippen LogP contribution in [-0.2, 0) is 0 Å². The lowest BCUT2D eigenvalue weighted by Crippen LogP contribution is -2.22. The van der Waals surface area contributed by atoms with Gasteiger partial charge in [-0.2, -0.15) is 0 Å². The highest BCUT2D eigenvalue weighted by Gasteiger charge is 2.29. The Labute approximate surface area is 109 Å². The molecule has 1 heterocycles. The summed E-state index contributed by atoms with van der Waals surface area (Å²) in [5.41, 5.74) is 6.67. The van der Waals surface area contributed by atoms with Crippen molar-refractivity contribution in [1.29, 1.82) is 0 Å². The Morgan fingerprint density at radius 1 is 1.33 bits per heavy atom. The molecule has 1 aliphatic rings. The van der Waals surface area contributed by atoms with Gasteiger partial charge < -0.3 is 26.1 Å². The average molecular weight is 272 g/mol. The monoisotopic (exact) mass is 271 g/mol. The number of amidine groups is 1. The number of anilines is 1. The lowest BCUT2D eigenvalue weighted by atomic mass is 10.2. The van der Waals surface area contributed by atoms with Gasteiger partial charge in [0.05, 0.1) is 17.2 Å². The van der Waals surface area contributed by atoms with Crippen molar-refractivity contribution in [3.05, 3.63) is 28.8 Å². The van der Waals surface area contributed by atoms with Crippen LogP contribution in [0.25, 0.3) is 0 Å². The van der Waals surface area contributed by atoms with Crippen LogP contribution in [0, 0.1) is 0 Å². The van der Waals surface area contributed by atoms with E-state index < -0.39 is 12.2 Å². The number of halogens is 1. The summed E-state index contributed by atoms with van der Waals surface area (Å²) >= 11 is 6.03. The first kappa shape index (κ1) is 12.9. The van der Waals surface area contributed by atoms with Gasteiger partial charge in [-0.1, -0.05) is 16.8 Å². The third-order valence-electron chi connectivity index (χ3n) is 2.96. The molecule has 0 aromatic heterocycles. The summed E-state index contributed by atoms with van der Waals surface area (Å²) in [6.07, 6.45) is -1.51. The van der Waals surface area contributed by atoms with Gasteiger partial charge in [-0.25, -0.2) is 0 Å². The van der Waals surface area contributed by atoms with E-state index in [1.54, 1.807) is 18.2 Å². The summed E-state index contributed by atoms with van der Waals surface area (Å²) in [4.78, 5) is 1.82. The predicted molar refractivity (Wildman–Crippen MR) is 68.2 cm³/mol. The Morgan fingerprint density at radius 2 is 1.94 bits per heavy atom. The van der Waals surface area contributed by atoms with Crippen LogP contribution in [0.5, 0.6) is 0 Å². The summed E-state index contributed by atoms with van der Waals surface area (Å²) < 4.78 is 0. The van der Waals surface area contributed by atoms with Gasteiger partial charge in [0.2, 0.25) is 0 Å². The van der Waals surface area contributed by atoms with E-state index in [0.29, 0.717) is 23.7 Å². The van der Waals surface area contributed by atoms with E-state index in [1.165, 1.54) is 0 Å². The summed E-state index contributed by atoms with van der Waals surface area (Å²) in [6.45, 7) is 0.695. The van der Waals surface area contributed by atoms with Gasteiger partial charge in [-0.3, -0.25) is 0 Å². The van der Waals surface area contributed by atoms with E-state index in [1.807, 2.05) is 4.90 Å². The number of nitrogens with zero attached hydrogens (tertiary/aromatic N) is 2. The molecule has 7 heteroatoms. The topological polar surface area (TPSA) is 102 Å². The van der Waals surface area contributed by atoms with E-state index in [0.717, 1.165) is 5.69 Å². The molecule has 1 aromatic carbocycles. The van der Waals surface area contributed by atoms with Gasteiger partial charge in [0.15, 0.2) is 5.84 Å². The molecular formula is C11H14ClN3O3. The predicted octanol–water partition coefficient (Wildman–Crippen LogP) is -0.0237. The number of nitrogens with two attached hydrogens (primary N) is 1. The molecule has 5 N–H and O–H groups in total. The normalized spacial score (nSPS) is 24.6. The Balaban J connectivity index is 2.25. The molecular weight excluding hydrogens is 258 g/mol. The van der Waals surface area contributed by atoms with E-state index in [2.05, 4.69) is 5.16 Å². The number of hydrogen-bond acceptors (Lipinski definition) is 5. The van der Waals surface area contributed by atoms with Crippen molar-refractivity contribution < 1.29 is 15.4 Å². The SMILES string of the molecule is N/C(=N/O)c1ccc(N2CC(O)C(O)C2)cc1Cl. The molecule has 1 aliphatic heterocycles. The Morgan fingerprint density at radius 3 is 2.44 bits per heavy atom. The molecule has 1 fully saturated rings. The summed E-state index contributed by atoms with van der Waals surface area (Å²) in [5.74, 6) is -0.0620. The van der Waals surface area contributed by atoms with E-state index >= 15 is 0 Å². The van der Waals surface area contributed by atoms with Crippen LogP contribution in [0.3, 0.4) is 0 Å². The van der Waals surface area contributed by atoms with Crippen LogP contribution in [0.4, 0.5) is 5.69 Å². The van der Waals surface area contributed by atoms with Crippen molar-refractivity contribution in [2.24, 2.45) is 10.9 Å². The highest BCUT2D eigenvalue weighted by Crippen LogP contribution is 2.26. The second-order valence-corrected chi connectivity index (χ2v) is 4.60. The molecule has 0 bridgehead atoms. The maximum Gasteiger partial charge on any atom is 0.171 e. The fourth-order valence-corrected chi connectivity index (χ4v) is 2.21. The van der Waals surface area contributed by atoms with Gasteiger partial charge in [0.25, 0.3) is 0 Å². The molecule has 0 saturated carbocycles. The van der Waals surface area contributed by atoms with Crippen molar-refractivity contribution in [3.63, 3.8) is 0 Å². The molecule has 2 atom stereocenters. The highest BCUT2D eigenvalue weighted by atomic mass is 35.5. The van der Waals surface area contributed by atoms with Gasteiger partial charge in [-0.15, -0.1) is 0 Å². The quantitative estimate of drug-likeness (QED) is 0.262. The summed E-state index contributed by atoms with van der Waals surface area (Å²) in [6, 6.07) is 5.02. The van der Waals surface area contributed by atoms with Crippen LogP contribution >= 0.6 is 11.6 Å². The molecule has 18 heavy (non-hydrogen) atoms. The maximum absolute atomic E-state index is 9.48. The zero-order valence-electron chi connectivity index (χ0n) is 9.49. The van der Waals surface area contributed by atoms with E-state index in [9.17, 15) is 10.2 Å². The first-order valence-electron chi connectivity index (χ1n) is 5.41. The number of hydrogen-bond donors (Lipinski definition) is 4.